The van der Waals surface area contributed by atoms with Crippen LogP contribution in [0.25, 0.3) is 0 Å². The highest BCUT2D eigenvalue weighted by Gasteiger charge is 2.39. The zero-order chi connectivity index (χ0) is 16.6. The fourth-order valence-corrected chi connectivity index (χ4v) is 3.16. The van der Waals surface area contributed by atoms with Crippen LogP contribution in [0.1, 0.15) is 56.0 Å². The Kier molecular flexibility index (Phi) is 4.14. The van der Waals surface area contributed by atoms with Crippen LogP contribution in [0.4, 0.5) is 5.95 Å². The average Bonchev–Trinajstić information content (AvgIpc) is 3.17. The van der Waals surface area contributed by atoms with Gasteiger partial charge in [0, 0.05) is 24.6 Å². The van der Waals surface area contributed by atoms with Crippen LogP contribution in [0.3, 0.4) is 0 Å². The fraction of sp³-hybridized carbons (Fsp3) is 0.688. The minimum atomic E-state index is 0.0816. The van der Waals surface area contributed by atoms with Crippen molar-refractivity contribution in [2.24, 2.45) is 5.41 Å². The quantitative estimate of drug-likeness (QED) is 0.900. The Morgan fingerprint density at radius 1 is 1.30 bits per heavy atom. The molecular weight excluding hydrogens is 294 g/mol. The molecule has 7 nitrogen and oxygen atoms in total. The Bertz CT molecular complexity index is 651. The van der Waals surface area contributed by atoms with Crippen molar-refractivity contribution in [3.05, 3.63) is 22.8 Å². The summed E-state index contributed by atoms with van der Waals surface area (Å²) >= 11 is 0. The minimum Gasteiger partial charge on any atom is -0.377 e. The van der Waals surface area contributed by atoms with Crippen molar-refractivity contribution in [2.75, 3.05) is 11.9 Å². The summed E-state index contributed by atoms with van der Waals surface area (Å²) in [6.45, 7) is 11.8. The van der Waals surface area contributed by atoms with E-state index in [9.17, 15) is 0 Å². The van der Waals surface area contributed by atoms with Gasteiger partial charge in [0.25, 0.3) is 0 Å². The molecule has 0 amide bonds. The van der Waals surface area contributed by atoms with Crippen LogP contribution >= 0.6 is 0 Å². The molecule has 0 spiro atoms. The zero-order valence-corrected chi connectivity index (χ0v) is 14.4. The Hall–Kier alpha value is -1.89. The molecule has 1 aliphatic rings. The molecule has 0 aromatic carbocycles. The summed E-state index contributed by atoms with van der Waals surface area (Å²) in [4.78, 5) is 4.61. The second-order valence-electron chi connectivity index (χ2n) is 7.25. The van der Waals surface area contributed by atoms with Gasteiger partial charge in [0.15, 0.2) is 0 Å². The molecule has 2 atom stereocenters. The van der Waals surface area contributed by atoms with E-state index in [4.69, 9.17) is 9.26 Å². The number of nitrogens with zero attached hydrogens (tertiary/aromatic N) is 3. The second-order valence-corrected chi connectivity index (χ2v) is 7.25. The predicted octanol–water partition coefficient (Wildman–Crippen LogP) is 2.94. The lowest BCUT2D eigenvalue weighted by atomic mass is 9.81. The normalized spacial score (nSPS) is 21.8. The van der Waals surface area contributed by atoms with Gasteiger partial charge in [-0.3, -0.25) is 5.10 Å². The maximum absolute atomic E-state index is 5.92. The van der Waals surface area contributed by atoms with E-state index in [2.05, 4.69) is 46.4 Å². The Morgan fingerprint density at radius 3 is 2.74 bits per heavy atom. The third-order valence-corrected chi connectivity index (χ3v) is 4.40. The van der Waals surface area contributed by atoms with Crippen LogP contribution in [0.2, 0.25) is 0 Å². The monoisotopic (exact) mass is 319 g/mol. The van der Waals surface area contributed by atoms with Crippen LogP contribution < -0.4 is 5.32 Å². The molecule has 0 bridgehead atoms. The van der Waals surface area contributed by atoms with Gasteiger partial charge in [0.2, 0.25) is 5.95 Å². The molecule has 3 rings (SSSR count). The molecule has 1 fully saturated rings. The highest BCUT2D eigenvalue weighted by Crippen LogP contribution is 2.39. The van der Waals surface area contributed by atoms with Crippen molar-refractivity contribution >= 4 is 5.95 Å². The Morgan fingerprint density at radius 2 is 2.09 bits per heavy atom. The Balaban J connectivity index is 1.69. The lowest BCUT2D eigenvalue weighted by Crippen LogP contribution is -2.30. The van der Waals surface area contributed by atoms with Gasteiger partial charge in [0.05, 0.1) is 11.8 Å². The summed E-state index contributed by atoms with van der Waals surface area (Å²) in [6.07, 6.45) is 1.13. The summed E-state index contributed by atoms with van der Waals surface area (Å²) in [5, 5.41) is 14.5. The van der Waals surface area contributed by atoms with E-state index in [1.165, 1.54) is 0 Å². The number of rotatable bonds is 4. The molecule has 23 heavy (non-hydrogen) atoms. The fourth-order valence-electron chi connectivity index (χ4n) is 3.16. The first-order valence-corrected chi connectivity index (χ1v) is 8.06. The lowest BCUT2D eigenvalue weighted by Gasteiger charge is -2.29. The SMILES string of the molecule is Cc1noc(C)c1CNc1n[nH]c([C@@H]2CCO[C@H]2C(C)(C)C)n1. The number of aryl methyl sites for hydroxylation is 2. The van der Waals surface area contributed by atoms with Gasteiger partial charge >= 0.3 is 0 Å². The molecule has 0 aliphatic carbocycles. The van der Waals surface area contributed by atoms with Crippen molar-refractivity contribution in [1.29, 1.82) is 0 Å². The molecule has 2 aromatic rings. The summed E-state index contributed by atoms with van der Waals surface area (Å²) < 4.78 is 11.1. The van der Waals surface area contributed by atoms with E-state index in [1.807, 2.05) is 13.8 Å². The van der Waals surface area contributed by atoms with Crippen LogP contribution in [0.5, 0.6) is 0 Å². The summed E-state index contributed by atoms with van der Waals surface area (Å²) in [7, 11) is 0. The van der Waals surface area contributed by atoms with Crippen molar-refractivity contribution in [3.8, 4) is 0 Å². The zero-order valence-electron chi connectivity index (χ0n) is 14.4. The van der Waals surface area contributed by atoms with Gasteiger partial charge in [-0.1, -0.05) is 25.9 Å². The third kappa shape index (κ3) is 3.24. The summed E-state index contributed by atoms with van der Waals surface area (Å²) in [5.74, 6) is 2.57. The maximum atomic E-state index is 5.92. The molecule has 0 saturated carbocycles. The van der Waals surface area contributed by atoms with E-state index in [0.29, 0.717) is 12.5 Å². The number of hydrogen-bond donors (Lipinski definition) is 2. The smallest absolute Gasteiger partial charge is 0.242 e. The lowest BCUT2D eigenvalue weighted by molar-refractivity contribution is 0.0197. The first-order valence-electron chi connectivity index (χ1n) is 8.06. The second kappa shape index (κ2) is 5.96. The first-order chi connectivity index (χ1) is 10.9. The molecular formula is C16H25N5O2. The first kappa shape index (κ1) is 16.0. The summed E-state index contributed by atoms with van der Waals surface area (Å²) in [6, 6.07) is 0. The van der Waals surface area contributed by atoms with E-state index in [1.54, 1.807) is 0 Å². The van der Waals surface area contributed by atoms with Crippen molar-refractivity contribution < 1.29 is 9.26 Å². The van der Waals surface area contributed by atoms with Crippen LogP contribution in [-0.2, 0) is 11.3 Å². The van der Waals surface area contributed by atoms with Gasteiger partial charge in [-0.2, -0.15) is 4.98 Å². The molecule has 2 aromatic heterocycles. The Labute approximate surface area is 136 Å². The average molecular weight is 319 g/mol. The highest BCUT2D eigenvalue weighted by molar-refractivity contribution is 5.30. The van der Waals surface area contributed by atoms with E-state index >= 15 is 0 Å². The molecule has 2 N–H and O–H groups in total. The molecule has 7 heteroatoms. The molecule has 3 heterocycles. The third-order valence-electron chi connectivity index (χ3n) is 4.40. The summed E-state index contributed by atoms with van der Waals surface area (Å²) in [5.41, 5.74) is 2.02. The number of H-pyrrole nitrogens is 1. The van der Waals surface area contributed by atoms with Gasteiger partial charge in [-0.05, 0) is 25.7 Å². The molecule has 0 radical (unpaired) electrons. The van der Waals surface area contributed by atoms with E-state index < -0.39 is 0 Å². The van der Waals surface area contributed by atoms with Crippen molar-refractivity contribution in [1.82, 2.24) is 20.3 Å². The van der Waals surface area contributed by atoms with Gasteiger partial charge < -0.3 is 14.6 Å². The standard InChI is InChI=1S/C16H25N5O2/c1-9-12(10(2)23-21-9)8-17-15-18-14(19-20-15)11-6-7-22-13(11)16(3,4)5/h11,13H,6-8H2,1-5H3,(H2,17,18,19,20)/t11-,13-/m1/s1. The van der Waals surface area contributed by atoms with Crippen molar-refractivity contribution in [3.63, 3.8) is 0 Å². The number of aromatic nitrogens is 4. The van der Waals surface area contributed by atoms with Gasteiger partial charge in [-0.25, -0.2) is 0 Å². The molecule has 0 unspecified atom stereocenters. The minimum absolute atomic E-state index is 0.0816. The molecule has 126 valence electrons. The van der Waals surface area contributed by atoms with Crippen LogP contribution in [-0.4, -0.2) is 33.0 Å². The highest BCUT2D eigenvalue weighted by atomic mass is 16.5. The molecule has 1 saturated heterocycles. The number of hydrogen-bond acceptors (Lipinski definition) is 6. The number of nitrogens with one attached hydrogen (secondary N) is 2. The van der Waals surface area contributed by atoms with E-state index in [-0.39, 0.29) is 17.4 Å². The number of aromatic amines is 1. The topological polar surface area (TPSA) is 88.9 Å². The van der Waals surface area contributed by atoms with Crippen LogP contribution in [0.15, 0.2) is 4.52 Å². The predicted molar refractivity (Wildman–Crippen MR) is 86.2 cm³/mol. The maximum Gasteiger partial charge on any atom is 0.242 e. The number of anilines is 1. The van der Waals surface area contributed by atoms with Crippen molar-refractivity contribution in [2.45, 2.75) is 59.6 Å². The van der Waals surface area contributed by atoms with E-state index in [0.717, 1.165) is 35.9 Å². The largest absolute Gasteiger partial charge is 0.377 e. The van der Waals surface area contributed by atoms with Gasteiger partial charge in [0.1, 0.15) is 11.6 Å². The number of ether oxygens (including phenoxy) is 1. The van der Waals surface area contributed by atoms with Crippen LogP contribution in [0, 0.1) is 19.3 Å². The van der Waals surface area contributed by atoms with Gasteiger partial charge in [-0.15, -0.1) is 5.10 Å². The molecule has 1 aliphatic heterocycles.